The van der Waals surface area contributed by atoms with Gasteiger partial charge in [-0.15, -0.1) is 0 Å². The molecule has 4 rings (SSSR count). The van der Waals surface area contributed by atoms with E-state index in [0.29, 0.717) is 28.4 Å². The summed E-state index contributed by atoms with van der Waals surface area (Å²) in [6.45, 7) is 3.30. The maximum Gasteiger partial charge on any atom is 1.00 e. The molecule has 0 fully saturated rings. The Labute approximate surface area is 322 Å². The quantitative estimate of drug-likeness (QED) is 0.128. The zero-order chi connectivity index (χ0) is 28.5. The summed E-state index contributed by atoms with van der Waals surface area (Å²) in [5.74, 6) is -1.48. The summed E-state index contributed by atoms with van der Waals surface area (Å²) in [4.78, 5) is 24.8. The van der Waals surface area contributed by atoms with Crippen LogP contribution in [0.3, 0.4) is 0 Å². The van der Waals surface area contributed by atoms with Gasteiger partial charge in [0.25, 0.3) is 11.8 Å². The molecule has 0 aromatic heterocycles. The smallest absolute Gasteiger partial charge is 0.744 e. The molecule has 202 valence electrons. The van der Waals surface area contributed by atoms with Crippen LogP contribution in [0.15, 0.2) is 104 Å². The standard InChI is InChI=1S/C25H22N4O8S2.2K/c1-16-22(24(30)28(26-16)18-8-12-20(13-9-18)38(32,33)34)6-4-3-5-7-23-17(2)27-29(25(23)31)19-10-14-21(15-11-19)39(35,36)37;;/h3-15,22H,1-2H3,(H,32,33,34)(H,35,36,37);;/q;2*+1/p-2/b5-3+,6-4+,23-7+;;. The molecule has 2 aromatic carbocycles. The fourth-order valence-electron chi connectivity index (χ4n) is 3.77. The third-order valence-electron chi connectivity index (χ3n) is 5.77. The first-order valence-corrected chi connectivity index (χ1v) is 14.1. The molecular formula is C25H20K2N4O8S2. The number of benzene rings is 2. The predicted molar refractivity (Wildman–Crippen MR) is 140 cm³/mol. The van der Waals surface area contributed by atoms with Crippen LogP contribution in [0.4, 0.5) is 11.4 Å². The second-order valence-corrected chi connectivity index (χ2v) is 11.2. The molecule has 0 spiro atoms. The van der Waals surface area contributed by atoms with Crippen LogP contribution in [0.1, 0.15) is 13.8 Å². The van der Waals surface area contributed by atoms with E-state index < -0.39 is 41.9 Å². The number of allylic oxidation sites excluding steroid dienone is 4. The van der Waals surface area contributed by atoms with E-state index in [-0.39, 0.29) is 109 Å². The summed E-state index contributed by atoms with van der Waals surface area (Å²) in [6, 6.07) is 9.69. The van der Waals surface area contributed by atoms with E-state index >= 15 is 0 Å². The van der Waals surface area contributed by atoms with Crippen LogP contribution in [0.25, 0.3) is 0 Å². The largest absolute Gasteiger partial charge is 1.00 e. The van der Waals surface area contributed by atoms with Crippen molar-refractivity contribution in [2.75, 3.05) is 10.0 Å². The number of hydrazone groups is 2. The summed E-state index contributed by atoms with van der Waals surface area (Å²) >= 11 is 0. The maximum atomic E-state index is 12.8. The second-order valence-electron chi connectivity index (χ2n) is 8.42. The number of nitrogens with zero attached hydrogens (tertiary/aromatic N) is 4. The molecule has 0 aliphatic carbocycles. The topological polar surface area (TPSA) is 180 Å². The second kappa shape index (κ2) is 14.7. The number of carbonyl (C=O) groups is 2. The van der Waals surface area contributed by atoms with Crippen molar-refractivity contribution in [1.29, 1.82) is 0 Å². The SMILES string of the molecule is CC1=NN(c2ccc(S(=O)(=O)[O-])cc2)C(=O)/C1=C/C=C/C=C/C1C(=O)N(c2ccc(S(=O)(=O)[O-])cc2)N=C1C.[K+].[K+]. The zero-order valence-electron chi connectivity index (χ0n) is 22.5. The van der Waals surface area contributed by atoms with Gasteiger partial charge in [0.15, 0.2) is 0 Å². The molecule has 2 amide bonds. The predicted octanol–water partition coefficient (Wildman–Crippen LogP) is -3.70. The molecule has 2 aromatic rings. The Hall–Kier alpha value is -0.967. The Bertz CT molecular complexity index is 1720. The van der Waals surface area contributed by atoms with E-state index in [0.717, 1.165) is 34.3 Å². The molecule has 0 bridgehead atoms. The third kappa shape index (κ3) is 8.57. The van der Waals surface area contributed by atoms with Gasteiger partial charge in [0, 0.05) is 0 Å². The van der Waals surface area contributed by atoms with Crippen LogP contribution < -0.4 is 113 Å². The van der Waals surface area contributed by atoms with Crippen molar-refractivity contribution in [3.8, 4) is 0 Å². The van der Waals surface area contributed by atoms with Crippen molar-refractivity contribution < 1.29 is 138 Å². The number of hydrogen-bond acceptors (Lipinski definition) is 10. The molecule has 41 heavy (non-hydrogen) atoms. The van der Waals surface area contributed by atoms with Crippen molar-refractivity contribution in [3.63, 3.8) is 0 Å². The number of rotatable bonds is 7. The van der Waals surface area contributed by atoms with E-state index in [9.17, 15) is 35.5 Å². The van der Waals surface area contributed by atoms with Gasteiger partial charge in [0.1, 0.15) is 20.2 Å². The van der Waals surface area contributed by atoms with Crippen LogP contribution in [0, 0.1) is 5.92 Å². The first-order valence-electron chi connectivity index (χ1n) is 11.2. The van der Waals surface area contributed by atoms with E-state index in [1.165, 1.54) is 30.3 Å². The molecule has 0 N–H and O–H groups in total. The molecule has 0 saturated heterocycles. The van der Waals surface area contributed by atoms with Crippen LogP contribution in [-0.2, 0) is 29.8 Å². The van der Waals surface area contributed by atoms with E-state index in [2.05, 4.69) is 10.2 Å². The number of amides is 2. The van der Waals surface area contributed by atoms with E-state index in [1.54, 1.807) is 38.2 Å². The van der Waals surface area contributed by atoms with Gasteiger partial charge in [-0.3, -0.25) is 9.59 Å². The fourth-order valence-corrected chi connectivity index (χ4v) is 4.71. The summed E-state index contributed by atoms with van der Waals surface area (Å²) < 4.78 is 66.6. The summed E-state index contributed by atoms with van der Waals surface area (Å²) in [7, 11) is -9.22. The molecule has 2 aliphatic heterocycles. The molecule has 12 nitrogen and oxygen atoms in total. The third-order valence-corrected chi connectivity index (χ3v) is 7.47. The Kier molecular flexibility index (Phi) is 13.0. The molecule has 0 radical (unpaired) electrons. The summed E-state index contributed by atoms with van der Waals surface area (Å²) in [5.41, 5.74) is 1.83. The first-order chi connectivity index (χ1) is 18.3. The van der Waals surface area contributed by atoms with Gasteiger partial charge >= 0.3 is 103 Å². The average Bonchev–Trinajstić information content (AvgIpc) is 3.32. The van der Waals surface area contributed by atoms with Crippen molar-refractivity contribution in [3.05, 3.63) is 84.5 Å². The van der Waals surface area contributed by atoms with Crippen molar-refractivity contribution in [2.24, 2.45) is 16.1 Å². The molecule has 1 unspecified atom stereocenters. The molecule has 2 heterocycles. The molecular weight excluding hydrogens is 627 g/mol. The number of anilines is 2. The van der Waals surface area contributed by atoms with Crippen LogP contribution in [0.2, 0.25) is 0 Å². The van der Waals surface area contributed by atoms with Crippen LogP contribution >= 0.6 is 0 Å². The first kappa shape index (κ1) is 36.2. The van der Waals surface area contributed by atoms with Crippen molar-refractivity contribution in [2.45, 2.75) is 23.6 Å². The Morgan fingerprint density at radius 2 is 1.22 bits per heavy atom. The van der Waals surface area contributed by atoms with Crippen molar-refractivity contribution in [1.82, 2.24) is 0 Å². The van der Waals surface area contributed by atoms with E-state index in [1.807, 2.05) is 0 Å². The minimum atomic E-state index is -4.61. The Balaban J connectivity index is 0.00000294. The maximum absolute atomic E-state index is 12.8. The van der Waals surface area contributed by atoms with Gasteiger partial charge in [0.05, 0.1) is 44.1 Å². The van der Waals surface area contributed by atoms with Gasteiger partial charge in [-0.25, -0.2) is 16.8 Å². The number of hydrogen-bond donors (Lipinski definition) is 0. The van der Waals surface area contributed by atoms with Crippen LogP contribution in [0.5, 0.6) is 0 Å². The Morgan fingerprint density at radius 3 is 1.71 bits per heavy atom. The van der Waals surface area contributed by atoms with E-state index in [4.69, 9.17) is 0 Å². The molecule has 1 atom stereocenters. The van der Waals surface area contributed by atoms with Crippen LogP contribution in [-0.4, -0.2) is 49.2 Å². The normalized spacial score (nSPS) is 18.6. The van der Waals surface area contributed by atoms with Crippen molar-refractivity contribution >= 4 is 54.8 Å². The Morgan fingerprint density at radius 1 is 0.732 bits per heavy atom. The monoisotopic (exact) mass is 646 g/mol. The zero-order valence-corrected chi connectivity index (χ0v) is 30.3. The molecule has 0 saturated carbocycles. The molecule has 16 heteroatoms. The van der Waals surface area contributed by atoms with Gasteiger partial charge in [-0.1, -0.05) is 24.3 Å². The minimum Gasteiger partial charge on any atom is -0.744 e. The fraction of sp³-hybridized carbons (Fsp3) is 0.120. The minimum absolute atomic E-state index is 0. The van der Waals surface area contributed by atoms with Gasteiger partial charge in [0.2, 0.25) is 0 Å². The average molecular weight is 647 g/mol. The number of carbonyl (C=O) groups excluding carboxylic acids is 2. The summed E-state index contributed by atoms with van der Waals surface area (Å²) in [5, 5.41) is 10.6. The van der Waals surface area contributed by atoms with Gasteiger partial charge in [-0.2, -0.15) is 20.2 Å². The van der Waals surface area contributed by atoms with Gasteiger partial charge < -0.3 is 9.11 Å². The molecule has 2 aliphatic rings. The summed E-state index contributed by atoms with van der Waals surface area (Å²) in [6.07, 6.45) is 7.96. The van der Waals surface area contributed by atoms with Gasteiger partial charge in [-0.05, 0) is 68.5 Å².